The molecule has 0 saturated heterocycles. The second kappa shape index (κ2) is 21.9. The predicted octanol–water partition coefficient (Wildman–Crippen LogP) is 10.4. The van der Waals surface area contributed by atoms with Crippen LogP contribution in [-0.2, 0) is 47.6 Å². The first-order valence-corrected chi connectivity index (χ1v) is 21.0. The van der Waals surface area contributed by atoms with E-state index in [4.69, 9.17) is 28.4 Å². The fraction of sp³-hybridized carbons (Fsp3) is 0.915. The van der Waals surface area contributed by atoms with Crippen molar-refractivity contribution < 1.29 is 47.6 Å². The smallest absolute Gasteiger partial charge is 0.332 e. The Balaban J connectivity index is 0.000000533. The van der Waals surface area contributed by atoms with Gasteiger partial charge >= 0.3 is 23.9 Å². The van der Waals surface area contributed by atoms with Crippen LogP contribution >= 0.6 is 0 Å². The average Bonchev–Trinajstić information content (AvgIpc) is 3.11. The zero-order valence-corrected chi connectivity index (χ0v) is 34.1. The molecule has 0 atom stereocenters. The first kappa shape index (κ1) is 52.8. The summed E-state index contributed by atoms with van der Waals surface area (Å²) in [6.45, 7) is 16.3. The molecule has 8 rings (SSSR count). The summed E-state index contributed by atoms with van der Waals surface area (Å²) in [5.41, 5.74) is -1.55. The second-order valence-corrected chi connectivity index (χ2v) is 18.9. The minimum absolute atomic E-state index is 0. The summed E-state index contributed by atoms with van der Waals surface area (Å²) < 4.78 is 33.3. The van der Waals surface area contributed by atoms with Crippen LogP contribution in [0.4, 0.5) is 0 Å². The highest BCUT2D eigenvalue weighted by Crippen LogP contribution is 2.61. The van der Waals surface area contributed by atoms with Gasteiger partial charge in [-0.2, -0.15) is 0 Å². The van der Waals surface area contributed by atoms with E-state index < -0.39 is 10.8 Å². The molecule has 8 bridgehead atoms. The maximum Gasteiger partial charge on any atom is 0.332 e. The maximum atomic E-state index is 12.4. The lowest BCUT2D eigenvalue weighted by Gasteiger charge is -2.60. The van der Waals surface area contributed by atoms with Gasteiger partial charge < -0.3 is 28.4 Å². The minimum Gasteiger partial charge on any atom is -0.463 e. The molecule has 0 radical (unpaired) electrons. The van der Waals surface area contributed by atoms with E-state index in [0.717, 1.165) is 42.9 Å². The molecule has 10 heteroatoms. The van der Waals surface area contributed by atoms with Gasteiger partial charge in [-0.05, 0) is 165 Å². The lowest BCUT2D eigenvalue weighted by molar-refractivity contribution is -0.214. The second-order valence-electron chi connectivity index (χ2n) is 18.9. The van der Waals surface area contributed by atoms with Crippen molar-refractivity contribution in [2.24, 2.45) is 58.2 Å². The van der Waals surface area contributed by atoms with Gasteiger partial charge in [0.1, 0.15) is 37.6 Å². The SMILES string of the molecule is C.C.C.C.CCC(C)(C)C(=O)OCCOCC(=O)OC1(C)C2CC3CC(C2)CC1C3.CCC(C)(C)C(=O)OCCOCC(=O)OC1(CC)C2CC3CC(C2)CC1C3. The lowest BCUT2D eigenvalue weighted by Crippen LogP contribution is -2.59. The zero-order chi connectivity index (χ0) is 38.6. The van der Waals surface area contributed by atoms with Gasteiger partial charge in [0.25, 0.3) is 0 Å². The maximum absolute atomic E-state index is 12.4. The fourth-order valence-corrected chi connectivity index (χ4v) is 11.0. The number of carbonyl (C=O) groups excluding carboxylic acids is 4. The molecular formula is C47H86O10. The zero-order valence-electron chi connectivity index (χ0n) is 34.1. The molecule has 8 saturated carbocycles. The van der Waals surface area contributed by atoms with Crippen molar-refractivity contribution in [3.8, 4) is 0 Å². The lowest BCUT2D eigenvalue weighted by atomic mass is 9.49. The largest absolute Gasteiger partial charge is 0.463 e. The highest BCUT2D eigenvalue weighted by atomic mass is 16.6. The first-order valence-electron chi connectivity index (χ1n) is 21.0. The van der Waals surface area contributed by atoms with Crippen LogP contribution in [0.3, 0.4) is 0 Å². The number of rotatable bonds is 17. The molecule has 0 aromatic rings. The van der Waals surface area contributed by atoms with Crippen LogP contribution in [0.2, 0.25) is 0 Å². The number of hydrogen-bond acceptors (Lipinski definition) is 10. The number of hydrogen-bond donors (Lipinski definition) is 0. The van der Waals surface area contributed by atoms with E-state index in [1.165, 1.54) is 64.2 Å². The molecule has 57 heavy (non-hydrogen) atoms. The van der Waals surface area contributed by atoms with E-state index in [1.54, 1.807) is 0 Å². The van der Waals surface area contributed by atoms with Gasteiger partial charge in [0.2, 0.25) is 0 Å². The quantitative estimate of drug-likeness (QED) is 0.0797. The van der Waals surface area contributed by atoms with Crippen LogP contribution in [0.15, 0.2) is 0 Å². The van der Waals surface area contributed by atoms with E-state index in [0.29, 0.717) is 23.7 Å². The van der Waals surface area contributed by atoms with Crippen LogP contribution in [-0.4, -0.2) is 74.7 Å². The molecule has 0 aliphatic heterocycles. The van der Waals surface area contributed by atoms with Crippen molar-refractivity contribution in [3.05, 3.63) is 0 Å². The Morgan fingerprint density at radius 3 is 1.18 bits per heavy atom. The summed E-state index contributed by atoms with van der Waals surface area (Å²) in [6, 6.07) is 0. The van der Waals surface area contributed by atoms with Crippen molar-refractivity contribution >= 4 is 23.9 Å². The molecule has 0 spiro atoms. The third-order valence-corrected chi connectivity index (χ3v) is 14.7. The van der Waals surface area contributed by atoms with Gasteiger partial charge in [-0.1, -0.05) is 50.5 Å². The average molecular weight is 811 g/mol. The van der Waals surface area contributed by atoms with Crippen molar-refractivity contribution in [1.82, 2.24) is 0 Å². The van der Waals surface area contributed by atoms with Crippen molar-refractivity contribution in [2.45, 2.75) is 180 Å². The Bertz CT molecular complexity index is 1230. The van der Waals surface area contributed by atoms with Crippen molar-refractivity contribution in [3.63, 3.8) is 0 Å². The summed E-state index contributed by atoms with van der Waals surface area (Å²) in [5, 5.41) is 0. The van der Waals surface area contributed by atoms with Crippen molar-refractivity contribution in [2.75, 3.05) is 39.6 Å². The van der Waals surface area contributed by atoms with E-state index in [-0.39, 0.29) is 104 Å². The number of ether oxygens (including phenoxy) is 6. The summed E-state index contributed by atoms with van der Waals surface area (Å²) >= 11 is 0. The van der Waals surface area contributed by atoms with E-state index in [1.807, 2.05) is 41.5 Å². The van der Waals surface area contributed by atoms with Crippen LogP contribution in [0.5, 0.6) is 0 Å². The Morgan fingerprint density at radius 1 is 0.509 bits per heavy atom. The molecule has 0 heterocycles. The summed E-state index contributed by atoms with van der Waals surface area (Å²) in [7, 11) is 0. The number of carbonyl (C=O) groups is 4. The molecule has 0 amide bonds. The minimum atomic E-state index is -0.480. The summed E-state index contributed by atoms with van der Waals surface area (Å²) in [4.78, 5) is 48.5. The molecule has 334 valence electrons. The monoisotopic (exact) mass is 811 g/mol. The van der Waals surface area contributed by atoms with Gasteiger partial charge in [-0.15, -0.1) is 0 Å². The molecule has 8 fully saturated rings. The normalized spacial score (nSPS) is 32.5. The molecule has 0 aromatic carbocycles. The molecule has 10 nitrogen and oxygen atoms in total. The summed E-state index contributed by atoms with van der Waals surface area (Å²) in [5.74, 6) is 4.46. The Labute approximate surface area is 348 Å². The molecular weight excluding hydrogens is 725 g/mol. The van der Waals surface area contributed by atoms with Crippen LogP contribution in [0, 0.1) is 58.2 Å². The third-order valence-electron chi connectivity index (χ3n) is 14.7. The Morgan fingerprint density at radius 2 is 0.842 bits per heavy atom. The summed E-state index contributed by atoms with van der Waals surface area (Å²) in [6.07, 6.45) is 14.8. The van der Waals surface area contributed by atoms with Crippen LogP contribution in [0.1, 0.15) is 169 Å². The van der Waals surface area contributed by atoms with Gasteiger partial charge in [-0.3, -0.25) is 9.59 Å². The van der Waals surface area contributed by atoms with Gasteiger partial charge in [0.15, 0.2) is 0 Å². The molecule has 0 N–H and O–H groups in total. The van der Waals surface area contributed by atoms with E-state index >= 15 is 0 Å². The highest BCUT2D eigenvalue weighted by molar-refractivity contribution is 5.76. The van der Waals surface area contributed by atoms with Gasteiger partial charge in [-0.25, -0.2) is 9.59 Å². The van der Waals surface area contributed by atoms with E-state index in [9.17, 15) is 19.2 Å². The van der Waals surface area contributed by atoms with Crippen LogP contribution in [0.25, 0.3) is 0 Å². The number of esters is 4. The topological polar surface area (TPSA) is 124 Å². The first-order chi connectivity index (χ1) is 25.0. The third kappa shape index (κ3) is 12.2. The highest BCUT2D eigenvalue weighted by Gasteiger charge is 2.59. The predicted molar refractivity (Wildman–Crippen MR) is 226 cm³/mol. The van der Waals surface area contributed by atoms with Gasteiger partial charge in [0, 0.05) is 0 Å². The van der Waals surface area contributed by atoms with Gasteiger partial charge in [0.05, 0.1) is 24.0 Å². The standard InChI is InChI=1S/C22H36O5.C21H34O5.4CH4/c1-5-21(3,4)20(24)26-8-7-25-14-19(23)27-22(6-2)17-10-15-9-16(12-17)13-18(22)11-15;1-5-20(2,3)19(23)25-7-6-24-13-18(22)26-21(4)16-9-14-8-15(11-16)12-17(21)10-14;;;;/h15-18H,5-14H2,1-4H3;14-17H,5-13H2,1-4H3;4*1H4. The Kier molecular flexibility index (Phi) is 20.3. The van der Waals surface area contributed by atoms with Crippen LogP contribution < -0.4 is 0 Å². The molecule has 0 aromatic heterocycles. The molecule has 8 aliphatic carbocycles. The molecule has 8 aliphatic rings. The fourth-order valence-electron chi connectivity index (χ4n) is 11.0. The molecule has 0 unspecified atom stereocenters. The van der Waals surface area contributed by atoms with E-state index in [2.05, 4.69) is 13.8 Å². The Hall–Kier alpha value is -2.20. The van der Waals surface area contributed by atoms with Crippen molar-refractivity contribution in [1.29, 1.82) is 0 Å².